The molecule has 0 saturated carbocycles. The molecule has 142 valence electrons. The molecule has 2 aromatic rings. The van der Waals surface area contributed by atoms with Crippen molar-refractivity contribution in [1.82, 2.24) is 0 Å². The van der Waals surface area contributed by atoms with Gasteiger partial charge in [0.25, 0.3) is 5.91 Å². The molecule has 3 rings (SSSR count). The largest absolute Gasteiger partial charge is 0.491 e. The summed E-state index contributed by atoms with van der Waals surface area (Å²) in [5.74, 6) is -0.308. The minimum Gasteiger partial charge on any atom is -0.491 e. The molecule has 1 N–H and O–H groups in total. The number of benzene rings is 2. The third-order valence-electron chi connectivity index (χ3n) is 3.99. The fourth-order valence-electron chi connectivity index (χ4n) is 2.63. The lowest BCUT2D eigenvalue weighted by Crippen LogP contribution is -2.21. The molecule has 27 heavy (non-hydrogen) atoms. The Kier molecular flexibility index (Phi) is 6.84. The van der Waals surface area contributed by atoms with Crippen LogP contribution in [0, 0.1) is 0 Å². The van der Waals surface area contributed by atoms with Gasteiger partial charge in [-0.25, -0.2) is 4.79 Å². The second kappa shape index (κ2) is 9.53. The molecule has 1 heterocycles. The predicted molar refractivity (Wildman–Crippen MR) is 104 cm³/mol. The zero-order chi connectivity index (χ0) is 19.1. The Bertz CT molecular complexity index is 787. The molecule has 0 radical (unpaired) electrons. The number of anilines is 1. The summed E-state index contributed by atoms with van der Waals surface area (Å²) in [6.07, 6.45) is 2.21. The van der Waals surface area contributed by atoms with Gasteiger partial charge in [0, 0.05) is 16.8 Å². The van der Waals surface area contributed by atoms with E-state index in [1.807, 2.05) is 6.07 Å². The molecular weight excluding hydrogens is 414 g/mol. The molecule has 1 atom stereocenters. The summed E-state index contributed by atoms with van der Waals surface area (Å²) in [5.41, 5.74) is 0.980. The first-order chi connectivity index (χ1) is 13.1. The first kappa shape index (κ1) is 19.4. The second-order valence-corrected chi connectivity index (χ2v) is 7.02. The predicted octanol–water partition coefficient (Wildman–Crippen LogP) is 3.80. The number of nitrogens with one attached hydrogen (secondary N) is 1. The highest BCUT2D eigenvalue weighted by Crippen LogP contribution is 2.17. The van der Waals surface area contributed by atoms with E-state index in [9.17, 15) is 9.59 Å². The summed E-state index contributed by atoms with van der Waals surface area (Å²) in [7, 11) is 0. The van der Waals surface area contributed by atoms with Crippen LogP contribution in [-0.4, -0.2) is 37.8 Å². The molecule has 0 aliphatic carbocycles. The molecule has 1 fully saturated rings. The Labute approximate surface area is 165 Å². The van der Waals surface area contributed by atoms with E-state index in [1.54, 1.807) is 42.5 Å². The molecule has 0 unspecified atom stereocenters. The number of halogens is 1. The Hall–Kier alpha value is -2.38. The molecule has 0 aromatic heterocycles. The van der Waals surface area contributed by atoms with Crippen LogP contribution in [0.1, 0.15) is 23.2 Å². The number of ether oxygens (including phenoxy) is 3. The van der Waals surface area contributed by atoms with Crippen molar-refractivity contribution in [3.63, 3.8) is 0 Å². The summed E-state index contributed by atoms with van der Waals surface area (Å²) in [4.78, 5) is 24.0. The second-order valence-electron chi connectivity index (χ2n) is 6.11. The highest BCUT2D eigenvalue weighted by molar-refractivity contribution is 9.10. The van der Waals surface area contributed by atoms with Crippen LogP contribution in [0.5, 0.6) is 5.75 Å². The number of rotatable bonds is 7. The Morgan fingerprint density at radius 2 is 2.00 bits per heavy atom. The van der Waals surface area contributed by atoms with Crippen LogP contribution in [0.2, 0.25) is 0 Å². The van der Waals surface area contributed by atoms with Gasteiger partial charge in [-0.1, -0.05) is 22.0 Å². The molecule has 0 spiro atoms. The van der Waals surface area contributed by atoms with Gasteiger partial charge < -0.3 is 19.5 Å². The number of carbonyl (C=O) groups excluding carboxylic acids is 2. The molecular formula is C20H20BrNO5. The smallest absolute Gasteiger partial charge is 0.338 e. The fourth-order valence-corrected chi connectivity index (χ4v) is 3.03. The zero-order valence-corrected chi connectivity index (χ0v) is 16.2. The number of amides is 1. The monoisotopic (exact) mass is 433 g/mol. The standard InChI is InChI=1S/C20H20BrNO5/c21-15-3-1-4-16(11-15)22-19(23)13-27-20(24)14-6-8-17(9-7-14)26-12-18-5-2-10-25-18/h1,3-4,6-9,11,18H,2,5,10,12-13H2,(H,22,23)/t18-/m1/s1. The van der Waals surface area contributed by atoms with E-state index in [0.29, 0.717) is 23.6 Å². The number of hydrogen-bond donors (Lipinski definition) is 1. The van der Waals surface area contributed by atoms with Crippen molar-refractivity contribution in [2.75, 3.05) is 25.1 Å². The number of carbonyl (C=O) groups is 2. The van der Waals surface area contributed by atoms with Gasteiger partial charge >= 0.3 is 5.97 Å². The van der Waals surface area contributed by atoms with E-state index in [-0.39, 0.29) is 12.7 Å². The van der Waals surface area contributed by atoms with Crippen molar-refractivity contribution in [2.24, 2.45) is 0 Å². The van der Waals surface area contributed by atoms with Gasteiger partial charge in [-0.15, -0.1) is 0 Å². The van der Waals surface area contributed by atoms with Crippen LogP contribution in [0.15, 0.2) is 53.0 Å². The van der Waals surface area contributed by atoms with E-state index in [1.165, 1.54) is 0 Å². The number of esters is 1. The van der Waals surface area contributed by atoms with Gasteiger partial charge in [-0.2, -0.15) is 0 Å². The first-order valence-electron chi connectivity index (χ1n) is 8.67. The lowest BCUT2D eigenvalue weighted by Gasteiger charge is -2.11. The molecule has 7 heteroatoms. The van der Waals surface area contributed by atoms with E-state index >= 15 is 0 Å². The molecule has 1 aliphatic heterocycles. The van der Waals surface area contributed by atoms with Crippen LogP contribution in [0.25, 0.3) is 0 Å². The lowest BCUT2D eigenvalue weighted by atomic mass is 10.2. The van der Waals surface area contributed by atoms with Gasteiger partial charge in [0.05, 0.1) is 11.7 Å². The van der Waals surface area contributed by atoms with Crippen molar-refractivity contribution in [2.45, 2.75) is 18.9 Å². The highest BCUT2D eigenvalue weighted by atomic mass is 79.9. The van der Waals surface area contributed by atoms with Crippen molar-refractivity contribution in [3.05, 3.63) is 58.6 Å². The fraction of sp³-hybridized carbons (Fsp3) is 0.300. The summed E-state index contributed by atoms with van der Waals surface area (Å²) in [6, 6.07) is 13.8. The molecule has 6 nitrogen and oxygen atoms in total. The third-order valence-corrected chi connectivity index (χ3v) is 4.49. The summed E-state index contributed by atoms with van der Waals surface area (Å²) in [5, 5.41) is 2.66. The van der Waals surface area contributed by atoms with Gasteiger partial charge in [0.2, 0.25) is 0 Å². The van der Waals surface area contributed by atoms with E-state index in [0.717, 1.165) is 23.9 Å². The Morgan fingerprint density at radius 3 is 2.70 bits per heavy atom. The zero-order valence-electron chi connectivity index (χ0n) is 14.7. The highest BCUT2D eigenvalue weighted by Gasteiger charge is 2.16. The minimum absolute atomic E-state index is 0.137. The minimum atomic E-state index is -0.565. The van der Waals surface area contributed by atoms with Crippen LogP contribution < -0.4 is 10.1 Å². The Balaban J connectivity index is 1.43. The van der Waals surface area contributed by atoms with Crippen LogP contribution >= 0.6 is 15.9 Å². The molecule has 1 aliphatic rings. The maximum Gasteiger partial charge on any atom is 0.338 e. The average molecular weight is 434 g/mol. The van der Waals surface area contributed by atoms with E-state index < -0.39 is 11.9 Å². The molecule has 1 amide bonds. The Morgan fingerprint density at radius 1 is 1.19 bits per heavy atom. The molecule has 2 aromatic carbocycles. The normalized spacial score (nSPS) is 16.0. The maximum atomic E-state index is 12.1. The molecule has 0 bridgehead atoms. The summed E-state index contributed by atoms with van der Waals surface area (Å²) >= 11 is 3.33. The van der Waals surface area contributed by atoms with Crippen molar-refractivity contribution < 1.29 is 23.8 Å². The van der Waals surface area contributed by atoms with Crippen LogP contribution in [-0.2, 0) is 14.3 Å². The van der Waals surface area contributed by atoms with Crippen molar-refractivity contribution in [3.8, 4) is 5.75 Å². The lowest BCUT2D eigenvalue weighted by molar-refractivity contribution is -0.119. The van der Waals surface area contributed by atoms with Gasteiger partial charge in [-0.3, -0.25) is 4.79 Å². The van der Waals surface area contributed by atoms with Crippen LogP contribution in [0.3, 0.4) is 0 Å². The SMILES string of the molecule is O=C(COC(=O)c1ccc(OC[C@H]2CCCO2)cc1)Nc1cccc(Br)c1. The van der Waals surface area contributed by atoms with Gasteiger partial charge in [0.15, 0.2) is 6.61 Å². The quantitative estimate of drug-likeness (QED) is 0.672. The average Bonchev–Trinajstić information content (AvgIpc) is 3.18. The van der Waals surface area contributed by atoms with E-state index in [2.05, 4.69) is 21.2 Å². The summed E-state index contributed by atoms with van der Waals surface area (Å²) < 4.78 is 17.1. The number of hydrogen-bond acceptors (Lipinski definition) is 5. The topological polar surface area (TPSA) is 73.9 Å². The van der Waals surface area contributed by atoms with Crippen LogP contribution in [0.4, 0.5) is 5.69 Å². The molecule has 1 saturated heterocycles. The maximum absolute atomic E-state index is 12.1. The first-order valence-corrected chi connectivity index (χ1v) is 9.46. The van der Waals surface area contributed by atoms with Crippen molar-refractivity contribution >= 4 is 33.5 Å². The van der Waals surface area contributed by atoms with Gasteiger partial charge in [0.1, 0.15) is 12.4 Å². The van der Waals surface area contributed by atoms with E-state index in [4.69, 9.17) is 14.2 Å². The van der Waals surface area contributed by atoms with Gasteiger partial charge in [-0.05, 0) is 55.3 Å². The van der Waals surface area contributed by atoms with Crippen molar-refractivity contribution in [1.29, 1.82) is 0 Å². The summed E-state index contributed by atoms with van der Waals surface area (Å²) in [6.45, 7) is 0.927. The third kappa shape index (κ3) is 6.08.